The van der Waals surface area contributed by atoms with Gasteiger partial charge in [0.05, 0.1) is 5.56 Å². The van der Waals surface area contributed by atoms with E-state index in [4.69, 9.17) is 10.5 Å². The number of esters is 1. The highest BCUT2D eigenvalue weighted by molar-refractivity contribution is 6.05. The molecule has 2 aromatic carbocycles. The van der Waals surface area contributed by atoms with Crippen molar-refractivity contribution in [3.8, 4) is 0 Å². The van der Waals surface area contributed by atoms with Crippen molar-refractivity contribution < 1.29 is 19.1 Å². The predicted octanol–water partition coefficient (Wildman–Crippen LogP) is 2.56. The van der Waals surface area contributed by atoms with Crippen LogP contribution in [0.3, 0.4) is 0 Å². The van der Waals surface area contributed by atoms with E-state index in [0.717, 1.165) is 17.4 Å². The zero-order valence-electron chi connectivity index (χ0n) is 14.8. The molecule has 0 spiro atoms. The third-order valence-electron chi connectivity index (χ3n) is 4.14. The van der Waals surface area contributed by atoms with Crippen molar-refractivity contribution in [2.45, 2.75) is 13.5 Å². The second-order valence-electron chi connectivity index (χ2n) is 5.91. The van der Waals surface area contributed by atoms with Crippen LogP contribution in [0.15, 0.2) is 54.7 Å². The average Bonchev–Trinajstić information content (AvgIpc) is 3.05. The fraction of sp³-hybridized carbons (Fsp3) is 0.150. The van der Waals surface area contributed by atoms with Crippen LogP contribution in [0, 0.1) is 0 Å². The first-order chi connectivity index (χ1) is 13.0. The molecule has 0 aliphatic carbocycles. The minimum Gasteiger partial charge on any atom is -0.452 e. The number of primary amides is 1. The van der Waals surface area contributed by atoms with Gasteiger partial charge in [-0.05, 0) is 37.3 Å². The number of nitrogens with zero attached hydrogens (tertiary/aromatic N) is 1. The van der Waals surface area contributed by atoms with E-state index in [2.05, 4.69) is 5.32 Å². The summed E-state index contributed by atoms with van der Waals surface area (Å²) in [4.78, 5) is 35.4. The molecule has 7 heteroatoms. The molecule has 3 aromatic rings. The zero-order chi connectivity index (χ0) is 19.4. The van der Waals surface area contributed by atoms with Gasteiger partial charge in [0.2, 0.25) is 5.91 Å². The van der Waals surface area contributed by atoms with Crippen molar-refractivity contribution in [2.75, 3.05) is 11.9 Å². The van der Waals surface area contributed by atoms with Gasteiger partial charge in [0.15, 0.2) is 6.61 Å². The Hall–Kier alpha value is -3.61. The monoisotopic (exact) mass is 365 g/mol. The molecule has 0 fully saturated rings. The maximum Gasteiger partial charge on any atom is 0.340 e. The molecule has 0 saturated carbocycles. The Balaban J connectivity index is 1.64. The van der Waals surface area contributed by atoms with E-state index in [9.17, 15) is 14.4 Å². The number of carbonyl (C=O) groups excluding carboxylic acids is 3. The van der Waals surface area contributed by atoms with Crippen LogP contribution in [-0.2, 0) is 16.1 Å². The van der Waals surface area contributed by atoms with Crippen LogP contribution in [0.25, 0.3) is 10.9 Å². The normalized spacial score (nSPS) is 10.6. The molecule has 27 heavy (non-hydrogen) atoms. The predicted molar refractivity (Wildman–Crippen MR) is 101 cm³/mol. The number of fused-ring (bicyclic) bond motifs is 1. The van der Waals surface area contributed by atoms with E-state index in [1.165, 1.54) is 12.1 Å². The summed E-state index contributed by atoms with van der Waals surface area (Å²) in [6, 6.07) is 13.6. The number of para-hydroxylation sites is 1. The molecule has 0 atom stereocenters. The number of carbonyl (C=O) groups is 3. The molecule has 3 rings (SSSR count). The molecule has 138 valence electrons. The van der Waals surface area contributed by atoms with Gasteiger partial charge >= 0.3 is 5.97 Å². The molecule has 3 N–H and O–H groups in total. The minimum absolute atomic E-state index is 0.340. The summed E-state index contributed by atoms with van der Waals surface area (Å²) in [5, 5.41) is 3.38. The molecule has 0 radical (unpaired) electrons. The molecule has 1 heterocycles. The third-order valence-corrected chi connectivity index (χ3v) is 4.14. The van der Waals surface area contributed by atoms with E-state index >= 15 is 0 Å². The number of nitrogens with one attached hydrogen (secondary N) is 1. The van der Waals surface area contributed by atoms with E-state index < -0.39 is 24.4 Å². The SMILES string of the molecule is CCn1cc(C(=O)OCC(=O)Nc2ccc(C(N)=O)cc2)c2ccccc21. The standard InChI is InChI=1S/C20H19N3O4/c1-2-23-11-16(15-5-3-4-6-17(15)23)20(26)27-12-18(24)22-14-9-7-13(8-10-14)19(21)25/h3-11H,2,12H2,1H3,(H2,21,25)(H,22,24). The second kappa shape index (κ2) is 7.74. The maximum atomic E-state index is 12.4. The number of ether oxygens (including phenoxy) is 1. The number of aryl methyl sites for hydroxylation is 1. The van der Waals surface area contributed by atoms with Crippen LogP contribution in [0.4, 0.5) is 5.69 Å². The van der Waals surface area contributed by atoms with Crippen LogP contribution < -0.4 is 11.1 Å². The first-order valence-electron chi connectivity index (χ1n) is 8.44. The molecule has 7 nitrogen and oxygen atoms in total. The van der Waals surface area contributed by atoms with Gasteiger partial charge in [-0.25, -0.2) is 4.79 Å². The number of aromatic nitrogens is 1. The number of anilines is 1. The maximum absolute atomic E-state index is 12.4. The first kappa shape index (κ1) is 18.2. The van der Waals surface area contributed by atoms with Crippen LogP contribution in [0.2, 0.25) is 0 Å². The lowest BCUT2D eigenvalue weighted by Crippen LogP contribution is -2.21. The fourth-order valence-electron chi connectivity index (χ4n) is 2.79. The summed E-state index contributed by atoms with van der Waals surface area (Å²) in [6.07, 6.45) is 1.73. The lowest BCUT2D eigenvalue weighted by atomic mass is 10.2. The Bertz CT molecular complexity index is 1010. The van der Waals surface area contributed by atoms with Gasteiger partial charge in [0.25, 0.3) is 5.91 Å². The fourth-order valence-corrected chi connectivity index (χ4v) is 2.79. The van der Waals surface area contributed by atoms with Crippen LogP contribution in [-0.4, -0.2) is 29.0 Å². The van der Waals surface area contributed by atoms with Gasteiger partial charge in [-0.3, -0.25) is 9.59 Å². The van der Waals surface area contributed by atoms with Gasteiger partial charge < -0.3 is 20.4 Å². The quantitative estimate of drug-likeness (QED) is 0.655. The van der Waals surface area contributed by atoms with E-state index in [0.29, 0.717) is 16.8 Å². The summed E-state index contributed by atoms with van der Waals surface area (Å²) in [5.74, 6) is -1.58. The van der Waals surface area contributed by atoms with Gasteiger partial charge in [-0.2, -0.15) is 0 Å². The van der Waals surface area contributed by atoms with E-state index in [1.807, 2.05) is 35.8 Å². The number of rotatable bonds is 6. The molecular weight excluding hydrogens is 346 g/mol. The van der Waals surface area contributed by atoms with Crippen LogP contribution in [0.1, 0.15) is 27.6 Å². The van der Waals surface area contributed by atoms with Crippen molar-refractivity contribution >= 4 is 34.4 Å². The van der Waals surface area contributed by atoms with Crippen molar-refractivity contribution in [3.05, 3.63) is 65.9 Å². The molecule has 2 amide bonds. The zero-order valence-corrected chi connectivity index (χ0v) is 14.8. The summed E-state index contributed by atoms with van der Waals surface area (Å²) >= 11 is 0. The summed E-state index contributed by atoms with van der Waals surface area (Å²) in [5.41, 5.74) is 7.34. The molecule has 0 aliphatic heterocycles. The lowest BCUT2D eigenvalue weighted by molar-refractivity contribution is -0.119. The average molecular weight is 365 g/mol. The summed E-state index contributed by atoms with van der Waals surface area (Å²) < 4.78 is 7.10. The van der Waals surface area contributed by atoms with E-state index in [1.54, 1.807) is 18.3 Å². The molecule has 0 unspecified atom stereocenters. The van der Waals surface area contributed by atoms with Gasteiger partial charge in [-0.1, -0.05) is 18.2 Å². The second-order valence-corrected chi connectivity index (χ2v) is 5.91. The Morgan fingerprint density at radius 3 is 2.44 bits per heavy atom. The lowest BCUT2D eigenvalue weighted by Gasteiger charge is -2.06. The van der Waals surface area contributed by atoms with Crippen LogP contribution in [0.5, 0.6) is 0 Å². The van der Waals surface area contributed by atoms with E-state index in [-0.39, 0.29) is 0 Å². The highest BCUT2D eigenvalue weighted by Gasteiger charge is 2.17. The van der Waals surface area contributed by atoms with Crippen molar-refractivity contribution in [1.29, 1.82) is 0 Å². The summed E-state index contributed by atoms with van der Waals surface area (Å²) in [6.45, 7) is 2.29. The summed E-state index contributed by atoms with van der Waals surface area (Å²) in [7, 11) is 0. The van der Waals surface area contributed by atoms with Gasteiger partial charge in [-0.15, -0.1) is 0 Å². The third kappa shape index (κ3) is 3.98. The highest BCUT2D eigenvalue weighted by atomic mass is 16.5. The Kier molecular flexibility index (Phi) is 5.21. The van der Waals surface area contributed by atoms with Gasteiger partial charge in [0.1, 0.15) is 0 Å². The van der Waals surface area contributed by atoms with Gasteiger partial charge in [0, 0.05) is 34.9 Å². The topological polar surface area (TPSA) is 103 Å². The van der Waals surface area contributed by atoms with Crippen molar-refractivity contribution in [1.82, 2.24) is 4.57 Å². The molecule has 0 saturated heterocycles. The Morgan fingerprint density at radius 2 is 1.78 bits per heavy atom. The molecule has 0 bridgehead atoms. The largest absolute Gasteiger partial charge is 0.452 e. The number of nitrogens with two attached hydrogens (primary N) is 1. The number of hydrogen-bond donors (Lipinski definition) is 2. The van der Waals surface area contributed by atoms with Crippen molar-refractivity contribution in [3.63, 3.8) is 0 Å². The van der Waals surface area contributed by atoms with Crippen molar-refractivity contribution in [2.24, 2.45) is 5.73 Å². The Labute approximate surface area is 155 Å². The Morgan fingerprint density at radius 1 is 1.07 bits per heavy atom. The first-order valence-corrected chi connectivity index (χ1v) is 8.44. The smallest absolute Gasteiger partial charge is 0.340 e. The minimum atomic E-state index is -0.558. The number of hydrogen-bond acceptors (Lipinski definition) is 4. The van der Waals surface area contributed by atoms with Crippen LogP contribution >= 0.6 is 0 Å². The number of amides is 2. The highest BCUT2D eigenvalue weighted by Crippen LogP contribution is 2.22. The molecule has 1 aromatic heterocycles. The molecule has 0 aliphatic rings. The number of benzene rings is 2. The molecular formula is C20H19N3O4.